The van der Waals surface area contributed by atoms with Gasteiger partial charge in [-0.3, -0.25) is 9.59 Å². The lowest BCUT2D eigenvalue weighted by Gasteiger charge is -2.14. The molecule has 1 aliphatic heterocycles. The van der Waals surface area contributed by atoms with Crippen molar-refractivity contribution in [2.24, 2.45) is 0 Å². The minimum atomic E-state index is -0.102. The van der Waals surface area contributed by atoms with Gasteiger partial charge in [0.2, 0.25) is 5.91 Å². The Hall–Kier alpha value is -1.20. The first kappa shape index (κ1) is 14.2. The molecule has 4 nitrogen and oxygen atoms in total. The summed E-state index contributed by atoms with van der Waals surface area (Å²) < 4.78 is 0. The number of carbonyl (C=O) groups is 2. The van der Waals surface area contributed by atoms with Crippen LogP contribution < -0.4 is 5.32 Å². The van der Waals surface area contributed by atoms with Gasteiger partial charge in [-0.15, -0.1) is 0 Å². The Bertz CT molecular complexity index is 507. The summed E-state index contributed by atoms with van der Waals surface area (Å²) in [4.78, 5) is 24.9. The zero-order valence-electron chi connectivity index (χ0n) is 10.6. The number of benzene rings is 1. The average Bonchev–Trinajstić information content (AvgIpc) is 2.78. The third kappa shape index (κ3) is 3.64. The highest BCUT2D eigenvalue weighted by atomic mass is 35.5. The predicted molar refractivity (Wildman–Crippen MR) is 78.9 cm³/mol. The van der Waals surface area contributed by atoms with Gasteiger partial charge in [0.25, 0.3) is 5.24 Å². The van der Waals surface area contributed by atoms with Crippen molar-refractivity contribution in [3.05, 3.63) is 28.8 Å². The van der Waals surface area contributed by atoms with E-state index in [9.17, 15) is 9.59 Å². The lowest BCUT2D eigenvalue weighted by molar-refractivity contribution is -0.116. The minimum Gasteiger partial charge on any atom is -0.332 e. The van der Waals surface area contributed by atoms with Crippen LogP contribution in [0.4, 0.5) is 10.5 Å². The fraction of sp³-hybridized carbons (Fsp3) is 0.385. The van der Waals surface area contributed by atoms with E-state index in [2.05, 4.69) is 5.32 Å². The highest BCUT2D eigenvalue weighted by molar-refractivity contribution is 8.13. The van der Waals surface area contributed by atoms with Crippen LogP contribution in [0.2, 0.25) is 5.02 Å². The molecular weight excluding hydrogens is 284 g/mol. The Morgan fingerprint density at radius 1 is 1.53 bits per heavy atom. The van der Waals surface area contributed by atoms with Gasteiger partial charge in [-0.25, -0.2) is 0 Å². The summed E-state index contributed by atoms with van der Waals surface area (Å²) in [6.45, 7) is 3.06. The predicted octanol–water partition coefficient (Wildman–Crippen LogP) is 3.15. The van der Waals surface area contributed by atoms with E-state index in [1.165, 1.54) is 11.8 Å². The third-order valence-corrected chi connectivity index (χ3v) is 4.30. The lowest BCUT2D eigenvalue weighted by Crippen LogP contribution is -2.27. The molecule has 0 bridgehead atoms. The van der Waals surface area contributed by atoms with Crippen LogP contribution in [0.15, 0.2) is 18.2 Å². The number of hydrogen-bond donors (Lipinski definition) is 1. The van der Waals surface area contributed by atoms with E-state index in [0.717, 1.165) is 23.5 Å². The van der Waals surface area contributed by atoms with Crippen LogP contribution in [-0.2, 0) is 4.79 Å². The number of amides is 2. The van der Waals surface area contributed by atoms with Gasteiger partial charge in [-0.05, 0) is 24.6 Å². The maximum atomic E-state index is 11.8. The number of rotatable bonds is 4. The maximum Gasteiger partial charge on any atom is 0.281 e. The van der Waals surface area contributed by atoms with Gasteiger partial charge in [-0.1, -0.05) is 29.4 Å². The number of anilines is 1. The van der Waals surface area contributed by atoms with Crippen LogP contribution in [0.25, 0.3) is 0 Å². The summed E-state index contributed by atoms with van der Waals surface area (Å²) in [6, 6.07) is 5.40. The highest BCUT2D eigenvalue weighted by Crippen LogP contribution is 2.23. The molecule has 1 aliphatic rings. The Morgan fingerprint density at radius 3 is 3.00 bits per heavy atom. The molecule has 1 saturated heterocycles. The van der Waals surface area contributed by atoms with Crippen LogP contribution >= 0.6 is 23.4 Å². The number of nitrogens with zero attached hydrogens (tertiary/aromatic N) is 1. The molecule has 0 atom stereocenters. The Balaban J connectivity index is 1.87. The van der Waals surface area contributed by atoms with Crippen molar-refractivity contribution in [1.82, 2.24) is 4.90 Å². The monoisotopic (exact) mass is 298 g/mol. The van der Waals surface area contributed by atoms with Crippen molar-refractivity contribution in [3.63, 3.8) is 0 Å². The molecule has 102 valence electrons. The van der Waals surface area contributed by atoms with Gasteiger partial charge in [-0.2, -0.15) is 0 Å². The molecule has 0 aromatic heterocycles. The molecule has 6 heteroatoms. The zero-order valence-corrected chi connectivity index (χ0v) is 12.2. The van der Waals surface area contributed by atoms with Gasteiger partial charge < -0.3 is 10.2 Å². The largest absolute Gasteiger partial charge is 0.332 e. The molecule has 1 N–H and O–H groups in total. The fourth-order valence-electron chi connectivity index (χ4n) is 1.82. The molecule has 0 spiro atoms. The van der Waals surface area contributed by atoms with E-state index in [1.807, 2.05) is 13.0 Å². The topological polar surface area (TPSA) is 49.4 Å². The second-order valence-corrected chi connectivity index (χ2v) is 5.77. The molecule has 1 aromatic rings. The second kappa shape index (κ2) is 6.30. The number of nitrogens with one attached hydrogen (secondary N) is 1. The lowest BCUT2D eigenvalue weighted by atomic mass is 10.2. The highest BCUT2D eigenvalue weighted by Gasteiger charge is 2.21. The third-order valence-electron chi connectivity index (χ3n) is 3.00. The normalized spacial score (nSPS) is 14.8. The molecular formula is C13H15ClN2O2S. The van der Waals surface area contributed by atoms with E-state index in [0.29, 0.717) is 18.0 Å². The molecule has 2 rings (SSSR count). The summed E-state index contributed by atoms with van der Waals surface area (Å²) in [5, 5.41) is 3.51. The van der Waals surface area contributed by atoms with E-state index < -0.39 is 0 Å². The van der Waals surface area contributed by atoms with Crippen molar-refractivity contribution in [2.75, 3.05) is 24.2 Å². The van der Waals surface area contributed by atoms with E-state index in [1.54, 1.807) is 17.0 Å². The van der Waals surface area contributed by atoms with E-state index in [-0.39, 0.29) is 11.1 Å². The quantitative estimate of drug-likeness (QED) is 0.929. The van der Waals surface area contributed by atoms with E-state index >= 15 is 0 Å². The Morgan fingerprint density at radius 2 is 2.32 bits per heavy atom. The van der Waals surface area contributed by atoms with Gasteiger partial charge in [0.1, 0.15) is 0 Å². The van der Waals surface area contributed by atoms with Crippen LogP contribution in [0.3, 0.4) is 0 Å². The summed E-state index contributed by atoms with van der Waals surface area (Å²) in [5.41, 5.74) is 1.57. The SMILES string of the molecule is Cc1c(Cl)cccc1NC(=O)CCN1CCSC1=O. The first-order valence-electron chi connectivity index (χ1n) is 6.04. The number of thioether (sulfide) groups is 1. The second-order valence-electron chi connectivity index (χ2n) is 4.31. The molecule has 19 heavy (non-hydrogen) atoms. The standard InChI is InChI=1S/C13H15ClN2O2S/c1-9-10(14)3-2-4-11(9)15-12(17)5-6-16-7-8-19-13(16)18/h2-4H,5-8H2,1H3,(H,15,17). The average molecular weight is 299 g/mol. The molecule has 1 heterocycles. The molecule has 2 amide bonds. The van der Waals surface area contributed by atoms with Crippen molar-refractivity contribution in [3.8, 4) is 0 Å². The summed E-state index contributed by atoms with van der Waals surface area (Å²) in [6.07, 6.45) is 0.304. The molecule has 1 fully saturated rings. The molecule has 0 radical (unpaired) electrons. The van der Waals surface area contributed by atoms with Gasteiger partial charge >= 0.3 is 0 Å². The first-order valence-corrected chi connectivity index (χ1v) is 7.41. The summed E-state index contributed by atoms with van der Waals surface area (Å²) >= 11 is 7.29. The molecule has 0 unspecified atom stereocenters. The van der Waals surface area contributed by atoms with E-state index in [4.69, 9.17) is 11.6 Å². The van der Waals surface area contributed by atoms with Crippen LogP contribution in [0.1, 0.15) is 12.0 Å². The molecule has 0 aliphatic carbocycles. The molecule has 1 aromatic carbocycles. The van der Waals surface area contributed by atoms with Crippen LogP contribution in [-0.4, -0.2) is 34.9 Å². The van der Waals surface area contributed by atoms with Gasteiger partial charge in [0.05, 0.1) is 0 Å². The van der Waals surface area contributed by atoms with Crippen molar-refractivity contribution in [1.29, 1.82) is 0 Å². The van der Waals surface area contributed by atoms with Gasteiger partial charge in [0, 0.05) is 36.0 Å². The minimum absolute atomic E-state index is 0.0618. The smallest absolute Gasteiger partial charge is 0.281 e. The Labute approximate surface area is 121 Å². The summed E-state index contributed by atoms with van der Waals surface area (Å²) in [7, 11) is 0. The fourth-order valence-corrected chi connectivity index (χ4v) is 2.85. The van der Waals surface area contributed by atoms with Crippen molar-refractivity contribution >= 4 is 40.2 Å². The van der Waals surface area contributed by atoms with Crippen LogP contribution in [0.5, 0.6) is 0 Å². The maximum absolute atomic E-state index is 11.8. The number of halogens is 1. The van der Waals surface area contributed by atoms with Crippen molar-refractivity contribution in [2.45, 2.75) is 13.3 Å². The number of carbonyl (C=O) groups excluding carboxylic acids is 2. The van der Waals surface area contributed by atoms with Gasteiger partial charge in [0.15, 0.2) is 0 Å². The first-order chi connectivity index (χ1) is 9.08. The zero-order chi connectivity index (χ0) is 13.8. The summed E-state index contributed by atoms with van der Waals surface area (Å²) in [5.74, 6) is 0.712. The van der Waals surface area contributed by atoms with Crippen molar-refractivity contribution < 1.29 is 9.59 Å². The molecule has 0 saturated carbocycles. The van der Waals surface area contributed by atoms with Crippen LogP contribution in [0, 0.1) is 6.92 Å². The number of hydrogen-bond acceptors (Lipinski definition) is 3. The Kier molecular flexibility index (Phi) is 4.71.